The van der Waals surface area contributed by atoms with Crippen LogP contribution in [0, 0.1) is 5.92 Å². The Morgan fingerprint density at radius 1 is 1.50 bits per heavy atom. The molecule has 4 heteroatoms. The van der Waals surface area contributed by atoms with Gasteiger partial charge < -0.3 is 9.64 Å². The van der Waals surface area contributed by atoms with Gasteiger partial charge in [-0.05, 0) is 12.3 Å². The summed E-state index contributed by atoms with van der Waals surface area (Å²) in [6.45, 7) is 7.67. The average Bonchev–Trinajstić information content (AvgIpc) is 2.51. The molecule has 0 bridgehead atoms. The number of hydrogen-bond donors (Lipinski definition) is 1. The summed E-state index contributed by atoms with van der Waals surface area (Å²) >= 11 is 0. The molecule has 1 aliphatic heterocycles. The summed E-state index contributed by atoms with van der Waals surface area (Å²) in [5, 5.41) is 3.00. The fourth-order valence-corrected chi connectivity index (χ4v) is 1.30. The second kappa shape index (κ2) is 5.98. The minimum atomic E-state index is 0.178. The van der Waals surface area contributed by atoms with Gasteiger partial charge >= 0.3 is 0 Å². The van der Waals surface area contributed by atoms with Gasteiger partial charge in [-0.25, -0.2) is 0 Å². The second-order valence-electron chi connectivity index (χ2n) is 4.04. The molecule has 1 heterocycles. The van der Waals surface area contributed by atoms with E-state index in [1.165, 1.54) is 0 Å². The highest BCUT2D eigenvalue weighted by Gasteiger charge is 2.18. The quantitative estimate of drug-likeness (QED) is 0.632. The van der Waals surface area contributed by atoms with E-state index in [1.54, 1.807) is 4.90 Å². The Hall–Kier alpha value is -0.610. The van der Waals surface area contributed by atoms with Crippen LogP contribution in [0.15, 0.2) is 0 Å². The van der Waals surface area contributed by atoms with Crippen LogP contribution in [0.3, 0.4) is 0 Å². The lowest BCUT2D eigenvalue weighted by atomic mass is 10.1. The minimum Gasteiger partial charge on any atom is -0.380 e. The van der Waals surface area contributed by atoms with Crippen LogP contribution in [0.4, 0.5) is 0 Å². The van der Waals surface area contributed by atoms with E-state index in [0.29, 0.717) is 32.3 Å². The number of ether oxygens (including phenoxy) is 1. The van der Waals surface area contributed by atoms with Crippen molar-refractivity contribution in [1.29, 1.82) is 0 Å². The summed E-state index contributed by atoms with van der Waals surface area (Å²) in [6.07, 6.45) is 1.09. The van der Waals surface area contributed by atoms with Gasteiger partial charge in [-0.3, -0.25) is 10.1 Å². The number of carbonyl (C=O) groups excluding carboxylic acids is 1. The Morgan fingerprint density at radius 2 is 2.29 bits per heavy atom. The fraction of sp³-hybridized carbons (Fsp3) is 0.900. The van der Waals surface area contributed by atoms with Crippen LogP contribution in [0.2, 0.25) is 0 Å². The predicted octanol–water partition coefficient (Wildman–Crippen LogP) is 0.438. The zero-order valence-corrected chi connectivity index (χ0v) is 9.08. The van der Waals surface area contributed by atoms with Crippen LogP contribution >= 0.6 is 0 Å². The van der Waals surface area contributed by atoms with Gasteiger partial charge in [0.05, 0.1) is 19.8 Å². The van der Waals surface area contributed by atoms with Crippen molar-refractivity contribution in [2.24, 2.45) is 5.92 Å². The van der Waals surface area contributed by atoms with Crippen molar-refractivity contribution in [3.8, 4) is 0 Å². The lowest BCUT2D eigenvalue weighted by Gasteiger charge is -2.14. The van der Waals surface area contributed by atoms with E-state index in [2.05, 4.69) is 19.2 Å². The van der Waals surface area contributed by atoms with Gasteiger partial charge in [-0.1, -0.05) is 13.8 Å². The van der Waals surface area contributed by atoms with Crippen molar-refractivity contribution in [1.82, 2.24) is 10.2 Å². The van der Waals surface area contributed by atoms with E-state index in [-0.39, 0.29) is 5.91 Å². The maximum atomic E-state index is 11.2. The monoisotopic (exact) mass is 200 g/mol. The van der Waals surface area contributed by atoms with Gasteiger partial charge in [0.2, 0.25) is 5.91 Å². The van der Waals surface area contributed by atoms with E-state index in [0.717, 1.165) is 13.0 Å². The average molecular weight is 200 g/mol. The zero-order chi connectivity index (χ0) is 10.4. The van der Waals surface area contributed by atoms with Crippen molar-refractivity contribution in [2.45, 2.75) is 20.3 Å². The van der Waals surface area contributed by atoms with E-state index in [9.17, 15) is 4.79 Å². The lowest BCUT2D eigenvalue weighted by molar-refractivity contribution is -0.127. The topological polar surface area (TPSA) is 41.6 Å². The molecule has 4 nitrogen and oxygen atoms in total. The molecule has 1 aliphatic rings. The van der Waals surface area contributed by atoms with E-state index < -0.39 is 0 Å². The molecular formula is C10H20N2O2. The number of rotatable bonds is 6. The first kappa shape index (κ1) is 11.5. The largest absolute Gasteiger partial charge is 0.380 e. The Bertz CT molecular complexity index is 183. The van der Waals surface area contributed by atoms with Gasteiger partial charge in [0.25, 0.3) is 0 Å². The summed E-state index contributed by atoms with van der Waals surface area (Å²) in [7, 11) is 0. The molecule has 0 unspecified atom stereocenters. The molecule has 0 aliphatic carbocycles. The van der Waals surface area contributed by atoms with Crippen molar-refractivity contribution < 1.29 is 9.53 Å². The number of carbonyl (C=O) groups is 1. The van der Waals surface area contributed by atoms with Gasteiger partial charge in [0.1, 0.15) is 0 Å². The van der Waals surface area contributed by atoms with E-state index in [1.807, 2.05) is 0 Å². The third-order valence-corrected chi connectivity index (χ3v) is 2.28. The van der Waals surface area contributed by atoms with Crippen LogP contribution < -0.4 is 5.32 Å². The molecule has 14 heavy (non-hydrogen) atoms. The number of hydrogen-bond acceptors (Lipinski definition) is 3. The fourth-order valence-electron chi connectivity index (χ4n) is 1.30. The molecule has 0 radical (unpaired) electrons. The molecule has 1 N–H and O–H groups in total. The SMILES string of the molecule is CC(C)CCOCCN1CNCC1=O. The summed E-state index contributed by atoms with van der Waals surface area (Å²) in [4.78, 5) is 12.9. The van der Waals surface area contributed by atoms with Crippen LogP contribution in [0.25, 0.3) is 0 Å². The van der Waals surface area contributed by atoms with Crippen LogP contribution in [-0.4, -0.2) is 43.8 Å². The third-order valence-electron chi connectivity index (χ3n) is 2.28. The molecule has 1 fully saturated rings. The van der Waals surface area contributed by atoms with Gasteiger partial charge in [-0.15, -0.1) is 0 Å². The molecule has 0 saturated carbocycles. The zero-order valence-electron chi connectivity index (χ0n) is 9.08. The van der Waals surface area contributed by atoms with E-state index >= 15 is 0 Å². The van der Waals surface area contributed by atoms with Crippen molar-refractivity contribution in [3.05, 3.63) is 0 Å². The molecule has 0 atom stereocenters. The maximum absolute atomic E-state index is 11.2. The smallest absolute Gasteiger partial charge is 0.237 e. The molecule has 1 saturated heterocycles. The van der Waals surface area contributed by atoms with Gasteiger partial charge in [-0.2, -0.15) is 0 Å². The predicted molar refractivity (Wildman–Crippen MR) is 54.9 cm³/mol. The number of nitrogens with zero attached hydrogens (tertiary/aromatic N) is 1. The summed E-state index contributed by atoms with van der Waals surface area (Å²) in [5.74, 6) is 0.863. The Labute approximate surface area is 85.6 Å². The third kappa shape index (κ3) is 4.07. The first-order chi connectivity index (χ1) is 6.70. The maximum Gasteiger partial charge on any atom is 0.237 e. The van der Waals surface area contributed by atoms with Crippen LogP contribution in [-0.2, 0) is 9.53 Å². The first-order valence-electron chi connectivity index (χ1n) is 5.26. The van der Waals surface area contributed by atoms with Crippen molar-refractivity contribution >= 4 is 5.91 Å². The standard InChI is InChI=1S/C10H20N2O2/c1-9(2)3-5-14-6-4-12-8-11-7-10(12)13/h9,11H,3-8H2,1-2H3. The van der Waals surface area contributed by atoms with Crippen molar-refractivity contribution in [2.75, 3.05) is 33.0 Å². The molecular weight excluding hydrogens is 180 g/mol. The van der Waals surface area contributed by atoms with Gasteiger partial charge in [0.15, 0.2) is 0 Å². The molecule has 0 aromatic rings. The second-order valence-corrected chi connectivity index (χ2v) is 4.04. The lowest BCUT2D eigenvalue weighted by Crippen LogP contribution is -2.30. The molecule has 0 aromatic carbocycles. The molecule has 1 amide bonds. The molecule has 82 valence electrons. The van der Waals surface area contributed by atoms with Crippen molar-refractivity contribution in [3.63, 3.8) is 0 Å². The molecule has 1 rings (SSSR count). The van der Waals surface area contributed by atoms with Gasteiger partial charge in [0, 0.05) is 13.2 Å². The Morgan fingerprint density at radius 3 is 2.86 bits per heavy atom. The Kier molecular flexibility index (Phi) is 4.90. The first-order valence-corrected chi connectivity index (χ1v) is 5.26. The highest BCUT2D eigenvalue weighted by atomic mass is 16.5. The minimum absolute atomic E-state index is 0.178. The summed E-state index contributed by atoms with van der Waals surface area (Å²) in [5.41, 5.74) is 0. The number of nitrogens with one attached hydrogen (secondary N) is 1. The summed E-state index contributed by atoms with van der Waals surface area (Å²) in [6, 6.07) is 0. The van der Waals surface area contributed by atoms with E-state index in [4.69, 9.17) is 4.74 Å². The van der Waals surface area contributed by atoms with Crippen LogP contribution in [0.5, 0.6) is 0 Å². The Balaban J connectivity index is 1.96. The normalized spacial score (nSPS) is 17.1. The highest BCUT2D eigenvalue weighted by molar-refractivity contribution is 5.79. The molecule has 0 spiro atoms. The number of amides is 1. The molecule has 0 aromatic heterocycles. The highest BCUT2D eigenvalue weighted by Crippen LogP contribution is 1.99. The summed E-state index contributed by atoms with van der Waals surface area (Å²) < 4.78 is 5.43. The van der Waals surface area contributed by atoms with Crippen LogP contribution in [0.1, 0.15) is 20.3 Å².